The minimum absolute atomic E-state index is 0.162. The van der Waals surface area contributed by atoms with Gasteiger partial charge in [0.2, 0.25) is 0 Å². The van der Waals surface area contributed by atoms with E-state index in [0.29, 0.717) is 17.0 Å². The Hall–Kier alpha value is -2.55. The highest BCUT2D eigenvalue weighted by atomic mass is 19.4. The lowest BCUT2D eigenvalue weighted by Crippen LogP contribution is -2.33. The maximum Gasteiger partial charge on any atom is 0.434 e. The summed E-state index contributed by atoms with van der Waals surface area (Å²) in [5.74, 6) is -0.323. The molecule has 1 aromatic heterocycles. The number of benzene rings is 1. The first-order chi connectivity index (χ1) is 12.4. The predicted molar refractivity (Wildman–Crippen MR) is 86.4 cm³/mol. The lowest BCUT2D eigenvalue weighted by atomic mass is 10.2. The molecule has 1 atom stereocenters. The Morgan fingerprint density at radius 1 is 1.38 bits per heavy atom. The second-order valence-corrected chi connectivity index (χ2v) is 5.86. The fourth-order valence-corrected chi connectivity index (χ4v) is 2.81. The van der Waals surface area contributed by atoms with Crippen molar-refractivity contribution in [3.05, 3.63) is 41.7 Å². The van der Waals surface area contributed by atoms with Gasteiger partial charge in [0.1, 0.15) is 5.75 Å². The maximum atomic E-state index is 13.6. The van der Waals surface area contributed by atoms with Crippen molar-refractivity contribution in [1.82, 2.24) is 15.1 Å². The molecule has 2 aromatic rings. The number of rotatable bonds is 5. The van der Waals surface area contributed by atoms with E-state index < -0.39 is 23.3 Å². The van der Waals surface area contributed by atoms with E-state index in [9.17, 15) is 18.0 Å². The topological polar surface area (TPSA) is 65.4 Å². The summed E-state index contributed by atoms with van der Waals surface area (Å²) in [5, 5.41) is 6.27. The summed E-state index contributed by atoms with van der Waals surface area (Å²) in [4.78, 5) is 12.3. The van der Waals surface area contributed by atoms with Gasteiger partial charge in [0.05, 0.1) is 30.7 Å². The zero-order valence-corrected chi connectivity index (χ0v) is 14.0. The van der Waals surface area contributed by atoms with Crippen molar-refractivity contribution in [2.45, 2.75) is 25.1 Å². The number of ether oxygens (including phenoxy) is 2. The number of carbonyl (C=O) groups is 1. The Kier molecular flexibility index (Phi) is 5.17. The van der Waals surface area contributed by atoms with E-state index in [1.165, 1.54) is 31.4 Å². The first-order valence-corrected chi connectivity index (χ1v) is 8.09. The van der Waals surface area contributed by atoms with Crippen LogP contribution in [0.2, 0.25) is 0 Å². The van der Waals surface area contributed by atoms with Crippen molar-refractivity contribution in [2.75, 3.05) is 20.3 Å². The molecule has 1 fully saturated rings. The summed E-state index contributed by atoms with van der Waals surface area (Å²) < 4.78 is 51.8. The summed E-state index contributed by atoms with van der Waals surface area (Å²) in [7, 11) is 1.46. The first-order valence-electron chi connectivity index (χ1n) is 8.09. The molecule has 26 heavy (non-hydrogen) atoms. The summed E-state index contributed by atoms with van der Waals surface area (Å²) in [6, 6.07) is 5.92. The molecular weight excluding hydrogens is 351 g/mol. The minimum Gasteiger partial charge on any atom is -0.497 e. The van der Waals surface area contributed by atoms with Crippen LogP contribution >= 0.6 is 0 Å². The highest BCUT2D eigenvalue weighted by Gasteiger charge is 2.40. The highest BCUT2D eigenvalue weighted by molar-refractivity contribution is 5.95. The number of aromatic nitrogens is 2. The van der Waals surface area contributed by atoms with Crippen LogP contribution in [0.1, 0.15) is 28.9 Å². The average molecular weight is 369 g/mol. The Morgan fingerprint density at radius 3 is 2.69 bits per heavy atom. The number of halogens is 3. The largest absolute Gasteiger partial charge is 0.497 e. The smallest absolute Gasteiger partial charge is 0.434 e. The zero-order valence-electron chi connectivity index (χ0n) is 14.0. The Bertz CT molecular complexity index is 766. The molecule has 0 saturated carbocycles. The Morgan fingerprint density at radius 2 is 2.12 bits per heavy atom. The van der Waals surface area contributed by atoms with E-state index in [0.717, 1.165) is 19.0 Å². The summed E-state index contributed by atoms with van der Waals surface area (Å²) in [6.07, 6.45) is -2.32. The summed E-state index contributed by atoms with van der Waals surface area (Å²) >= 11 is 0. The van der Waals surface area contributed by atoms with Crippen molar-refractivity contribution in [3.8, 4) is 11.4 Å². The molecule has 9 heteroatoms. The quantitative estimate of drug-likeness (QED) is 0.880. The van der Waals surface area contributed by atoms with Gasteiger partial charge in [-0.2, -0.15) is 18.3 Å². The van der Waals surface area contributed by atoms with Crippen molar-refractivity contribution < 1.29 is 27.4 Å². The number of methoxy groups -OCH3 is 1. The van der Waals surface area contributed by atoms with Gasteiger partial charge in [-0.1, -0.05) is 0 Å². The molecule has 0 aliphatic carbocycles. The van der Waals surface area contributed by atoms with Crippen LogP contribution < -0.4 is 10.1 Å². The number of amides is 1. The monoisotopic (exact) mass is 369 g/mol. The molecule has 1 aromatic carbocycles. The third-order valence-electron chi connectivity index (χ3n) is 4.11. The van der Waals surface area contributed by atoms with Crippen molar-refractivity contribution in [2.24, 2.45) is 0 Å². The molecule has 0 bridgehead atoms. The van der Waals surface area contributed by atoms with E-state index in [4.69, 9.17) is 9.47 Å². The van der Waals surface area contributed by atoms with Crippen LogP contribution in [-0.2, 0) is 10.9 Å². The van der Waals surface area contributed by atoms with Crippen LogP contribution in [0, 0.1) is 0 Å². The van der Waals surface area contributed by atoms with Crippen LogP contribution in [0.15, 0.2) is 30.5 Å². The standard InChI is InChI=1S/C17H18F3N3O3/c1-25-12-6-4-11(5-7-12)23-15(17(18,19)20)14(10-22-23)16(24)21-9-13-3-2-8-26-13/h4-7,10,13H,2-3,8-9H2,1H3,(H,21,24)/t13-/m0/s1. The number of hydrogen-bond acceptors (Lipinski definition) is 4. The number of alkyl halides is 3. The van der Waals surface area contributed by atoms with E-state index >= 15 is 0 Å². The molecule has 1 N–H and O–H groups in total. The van der Waals surface area contributed by atoms with Gasteiger partial charge in [0, 0.05) is 13.2 Å². The average Bonchev–Trinajstić information content (AvgIpc) is 3.29. The molecular formula is C17H18F3N3O3. The van der Waals surface area contributed by atoms with Gasteiger partial charge in [0.25, 0.3) is 5.91 Å². The van der Waals surface area contributed by atoms with Crippen LogP contribution in [0.5, 0.6) is 5.75 Å². The molecule has 0 radical (unpaired) electrons. The number of nitrogens with zero attached hydrogens (tertiary/aromatic N) is 2. The van der Waals surface area contributed by atoms with E-state index in [2.05, 4.69) is 10.4 Å². The first kappa shape index (κ1) is 18.2. The van der Waals surface area contributed by atoms with Gasteiger partial charge in [-0.25, -0.2) is 4.68 Å². The van der Waals surface area contributed by atoms with Crippen molar-refractivity contribution >= 4 is 5.91 Å². The van der Waals surface area contributed by atoms with Gasteiger partial charge >= 0.3 is 6.18 Å². The Labute approximate surface area is 147 Å². The zero-order chi connectivity index (χ0) is 18.7. The van der Waals surface area contributed by atoms with Crippen LogP contribution in [0.25, 0.3) is 5.69 Å². The molecule has 1 amide bonds. The second kappa shape index (κ2) is 7.36. The highest BCUT2D eigenvalue weighted by Crippen LogP contribution is 2.34. The number of hydrogen-bond donors (Lipinski definition) is 1. The maximum absolute atomic E-state index is 13.6. The number of nitrogens with one attached hydrogen (secondary N) is 1. The van der Waals surface area contributed by atoms with Gasteiger partial charge in [-0.3, -0.25) is 4.79 Å². The fourth-order valence-electron chi connectivity index (χ4n) is 2.81. The molecule has 6 nitrogen and oxygen atoms in total. The molecule has 1 aliphatic heterocycles. The molecule has 140 valence electrons. The summed E-state index contributed by atoms with van der Waals surface area (Å²) in [5.41, 5.74) is -1.46. The minimum atomic E-state index is -4.74. The second-order valence-electron chi connectivity index (χ2n) is 5.86. The van der Waals surface area contributed by atoms with Crippen molar-refractivity contribution in [3.63, 3.8) is 0 Å². The fraction of sp³-hybridized carbons (Fsp3) is 0.412. The normalized spacial score (nSPS) is 17.3. The summed E-state index contributed by atoms with van der Waals surface area (Å²) in [6.45, 7) is 0.771. The molecule has 0 spiro atoms. The molecule has 0 unspecified atom stereocenters. The molecule has 1 aliphatic rings. The SMILES string of the molecule is COc1ccc(-n2ncc(C(=O)NC[C@@H]3CCCO3)c2C(F)(F)F)cc1. The van der Waals surface area contributed by atoms with Gasteiger partial charge in [-0.15, -0.1) is 0 Å². The molecule has 1 saturated heterocycles. The lowest BCUT2D eigenvalue weighted by molar-refractivity contribution is -0.143. The third kappa shape index (κ3) is 3.82. The van der Waals surface area contributed by atoms with E-state index in [1.807, 2.05) is 0 Å². The Balaban J connectivity index is 1.87. The number of carbonyl (C=O) groups excluding carboxylic acids is 1. The molecule has 2 heterocycles. The van der Waals surface area contributed by atoms with E-state index in [-0.39, 0.29) is 18.3 Å². The third-order valence-corrected chi connectivity index (χ3v) is 4.11. The van der Waals surface area contributed by atoms with Crippen LogP contribution in [-0.4, -0.2) is 42.1 Å². The van der Waals surface area contributed by atoms with Gasteiger partial charge in [0.15, 0.2) is 5.69 Å². The van der Waals surface area contributed by atoms with Gasteiger partial charge < -0.3 is 14.8 Å². The van der Waals surface area contributed by atoms with Crippen LogP contribution in [0.4, 0.5) is 13.2 Å². The predicted octanol–water partition coefficient (Wildman–Crippen LogP) is 2.81. The molecule has 3 rings (SSSR count). The van der Waals surface area contributed by atoms with Gasteiger partial charge in [-0.05, 0) is 37.1 Å². The lowest BCUT2D eigenvalue weighted by Gasteiger charge is -2.14. The van der Waals surface area contributed by atoms with Crippen LogP contribution in [0.3, 0.4) is 0 Å². The van der Waals surface area contributed by atoms with Crippen molar-refractivity contribution in [1.29, 1.82) is 0 Å². The van der Waals surface area contributed by atoms with E-state index in [1.54, 1.807) is 0 Å².